The summed E-state index contributed by atoms with van der Waals surface area (Å²) in [6, 6.07) is 2.84. The van der Waals surface area contributed by atoms with Gasteiger partial charge in [0.05, 0.1) is 11.1 Å². The number of benzene rings is 1. The molecule has 0 bridgehead atoms. The maximum Gasteiger partial charge on any atom is 0.335 e. The van der Waals surface area contributed by atoms with E-state index in [1.165, 1.54) is 6.07 Å². The smallest absolute Gasteiger partial charge is 0.335 e. The molecule has 1 rings (SSSR count). The molecule has 1 aromatic rings. The van der Waals surface area contributed by atoms with E-state index in [2.05, 4.69) is 15.9 Å². The molecule has 2 N–H and O–H groups in total. The van der Waals surface area contributed by atoms with Crippen molar-refractivity contribution in [1.82, 2.24) is 0 Å². The van der Waals surface area contributed by atoms with Gasteiger partial charge in [0.1, 0.15) is 0 Å². The Hall–Kier alpha value is -1.36. The Kier molecular flexibility index (Phi) is 4.06. The molecule has 0 spiro atoms. The predicted molar refractivity (Wildman–Crippen MR) is 62.6 cm³/mol. The number of carboxylic acids is 2. The monoisotopic (exact) mass is 286 g/mol. The van der Waals surface area contributed by atoms with Gasteiger partial charge in [-0.15, -0.1) is 0 Å². The summed E-state index contributed by atoms with van der Waals surface area (Å²) < 4.78 is 0. The summed E-state index contributed by atoms with van der Waals surface area (Å²) in [5.41, 5.74) is 1.32. The first-order chi connectivity index (χ1) is 7.47. The van der Waals surface area contributed by atoms with Crippen molar-refractivity contribution >= 4 is 27.9 Å². The van der Waals surface area contributed by atoms with Crippen molar-refractivity contribution in [3.05, 3.63) is 34.4 Å². The number of carbonyl (C=O) groups is 2. The van der Waals surface area contributed by atoms with Crippen molar-refractivity contribution in [3.8, 4) is 0 Å². The number of hydrogen-bond donors (Lipinski definition) is 2. The minimum Gasteiger partial charge on any atom is -0.478 e. The van der Waals surface area contributed by atoms with Gasteiger partial charge in [0.25, 0.3) is 0 Å². The zero-order valence-corrected chi connectivity index (χ0v) is 10.2. The third-order valence-electron chi connectivity index (χ3n) is 2.27. The molecule has 0 unspecified atom stereocenters. The fourth-order valence-corrected chi connectivity index (χ4v) is 1.93. The molecule has 86 valence electrons. The average molecular weight is 287 g/mol. The zero-order valence-electron chi connectivity index (χ0n) is 8.66. The fourth-order valence-electron chi connectivity index (χ4n) is 1.51. The number of halogens is 1. The number of aryl methyl sites for hydroxylation is 2. The van der Waals surface area contributed by atoms with Crippen LogP contribution in [0, 0.1) is 6.92 Å². The van der Waals surface area contributed by atoms with Crippen molar-refractivity contribution in [3.63, 3.8) is 0 Å². The molecule has 0 fully saturated rings. The first kappa shape index (κ1) is 12.7. The molecule has 0 aliphatic heterocycles. The molecule has 4 nitrogen and oxygen atoms in total. The molecule has 0 atom stereocenters. The highest BCUT2D eigenvalue weighted by molar-refractivity contribution is 9.09. The van der Waals surface area contributed by atoms with Crippen LogP contribution in [0.2, 0.25) is 0 Å². The lowest BCUT2D eigenvalue weighted by Crippen LogP contribution is -2.09. The van der Waals surface area contributed by atoms with E-state index < -0.39 is 11.9 Å². The molecule has 0 aliphatic carbocycles. The van der Waals surface area contributed by atoms with Crippen molar-refractivity contribution in [1.29, 1.82) is 0 Å². The van der Waals surface area contributed by atoms with Crippen LogP contribution in [0.15, 0.2) is 12.1 Å². The molecule has 16 heavy (non-hydrogen) atoms. The summed E-state index contributed by atoms with van der Waals surface area (Å²) in [4.78, 5) is 21.8. The van der Waals surface area contributed by atoms with Crippen molar-refractivity contribution in [2.24, 2.45) is 0 Å². The van der Waals surface area contributed by atoms with E-state index >= 15 is 0 Å². The van der Waals surface area contributed by atoms with Crippen molar-refractivity contribution in [2.45, 2.75) is 13.3 Å². The van der Waals surface area contributed by atoms with Crippen molar-refractivity contribution in [2.75, 3.05) is 5.33 Å². The summed E-state index contributed by atoms with van der Waals surface area (Å²) in [6.07, 6.45) is 0.558. The van der Waals surface area contributed by atoms with Gasteiger partial charge < -0.3 is 10.2 Å². The van der Waals surface area contributed by atoms with Gasteiger partial charge >= 0.3 is 11.9 Å². The summed E-state index contributed by atoms with van der Waals surface area (Å²) in [6.45, 7) is 1.66. The van der Waals surface area contributed by atoms with Crippen LogP contribution in [0.3, 0.4) is 0 Å². The molecular formula is C11H11BrO4. The average Bonchev–Trinajstić information content (AvgIpc) is 2.17. The molecule has 0 radical (unpaired) electrons. The number of rotatable bonds is 4. The number of alkyl halides is 1. The van der Waals surface area contributed by atoms with E-state index in [0.717, 1.165) is 0 Å². The first-order valence-corrected chi connectivity index (χ1v) is 5.75. The number of aromatic carboxylic acids is 2. The molecule has 0 aliphatic rings. The molecule has 0 heterocycles. The normalized spacial score (nSPS) is 10.1. The second kappa shape index (κ2) is 5.12. The van der Waals surface area contributed by atoms with E-state index in [9.17, 15) is 9.59 Å². The topological polar surface area (TPSA) is 74.6 Å². The van der Waals surface area contributed by atoms with Gasteiger partial charge in [0.15, 0.2) is 0 Å². The lowest BCUT2D eigenvalue weighted by atomic mass is 9.97. The summed E-state index contributed by atoms with van der Waals surface area (Å²) in [5.74, 6) is -2.20. The SMILES string of the molecule is Cc1cc(CCBr)c(C(=O)O)cc1C(=O)O. The van der Waals surface area contributed by atoms with Gasteiger partial charge in [-0.2, -0.15) is 0 Å². The highest BCUT2D eigenvalue weighted by Crippen LogP contribution is 2.18. The van der Waals surface area contributed by atoms with E-state index in [0.29, 0.717) is 22.9 Å². The molecular weight excluding hydrogens is 276 g/mol. The minimum atomic E-state index is -1.11. The zero-order chi connectivity index (χ0) is 12.3. The van der Waals surface area contributed by atoms with Gasteiger partial charge in [-0.05, 0) is 30.5 Å². The van der Waals surface area contributed by atoms with Crippen LogP contribution < -0.4 is 0 Å². The molecule has 0 saturated carbocycles. The Morgan fingerprint density at radius 1 is 1.19 bits per heavy atom. The highest BCUT2D eigenvalue weighted by Gasteiger charge is 2.16. The Morgan fingerprint density at radius 2 is 1.75 bits per heavy atom. The second-order valence-electron chi connectivity index (χ2n) is 3.37. The molecule has 1 aromatic carbocycles. The van der Waals surface area contributed by atoms with E-state index in [1.807, 2.05) is 0 Å². The second-order valence-corrected chi connectivity index (χ2v) is 4.17. The van der Waals surface area contributed by atoms with Crippen LogP contribution in [-0.2, 0) is 6.42 Å². The van der Waals surface area contributed by atoms with Crippen molar-refractivity contribution < 1.29 is 19.8 Å². The lowest BCUT2D eigenvalue weighted by molar-refractivity contribution is 0.0695. The van der Waals surface area contributed by atoms with Gasteiger partial charge in [0, 0.05) is 5.33 Å². The quantitative estimate of drug-likeness (QED) is 0.833. The minimum absolute atomic E-state index is 0.0377. The number of carboxylic acid groups (broad SMARTS) is 2. The molecule has 0 saturated heterocycles. The van der Waals surface area contributed by atoms with E-state index in [-0.39, 0.29) is 11.1 Å². The number of hydrogen-bond acceptors (Lipinski definition) is 2. The maximum absolute atomic E-state index is 11.0. The summed E-state index contributed by atoms with van der Waals surface area (Å²) in [7, 11) is 0. The Bertz CT molecular complexity index is 440. The maximum atomic E-state index is 11.0. The van der Waals surface area contributed by atoms with Crippen LogP contribution in [0.25, 0.3) is 0 Å². The highest BCUT2D eigenvalue weighted by atomic mass is 79.9. The Morgan fingerprint density at radius 3 is 2.19 bits per heavy atom. The van der Waals surface area contributed by atoms with Crippen LogP contribution >= 0.6 is 15.9 Å². The van der Waals surface area contributed by atoms with Gasteiger partial charge in [-0.3, -0.25) is 0 Å². The van der Waals surface area contributed by atoms with Crippen LogP contribution in [0.5, 0.6) is 0 Å². The Labute approximate surface area is 101 Å². The first-order valence-electron chi connectivity index (χ1n) is 4.63. The third kappa shape index (κ3) is 2.61. The predicted octanol–water partition coefficient (Wildman–Crippen LogP) is 2.33. The fraction of sp³-hybridized carbons (Fsp3) is 0.273. The lowest BCUT2D eigenvalue weighted by Gasteiger charge is -2.08. The van der Waals surface area contributed by atoms with Crippen LogP contribution in [0.1, 0.15) is 31.8 Å². The summed E-state index contributed by atoms with van der Waals surface area (Å²) in [5, 5.41) is 18.5. The Balaban J connectivity index is 3.36. The van der Waals surface area contributed by atoms with E-state index in [1.54, 1.807) is 13.0 Å². The van der Waals surface area contributed by atoms with E-state index in [4.69, 9.17) is 10.2 Å². The summed E-state index contributed by atoms with van der Waals surface area (Å²) >= 11 is 3.23. The standard InChI is InChI=1S/C11H11BrO4/c1-6-4-7(2-3-12)9(11(15)16)5-8(6)10(13)14/h4-5H,2-3H2,1H3,(H,13,14)(H,15,16). The van der Waals surface area contributed by atoms with Gasteiger partial charge in [-0.25, -0.2) is 9.59 Å². The molecule has 0 amide bonds. The van der Waals surface area contributed by atoms with Crippen LogP contribution in [0.4, 0.5) is 0 Å². The van der Waals surface area contributed by atoms with Crippen LogP contribution in [-0.4, -0.2) is 27.5 Å². The van der Waals surface area contributed by atoms with Gasteiger partial charge in [-0.1, -0.05) is 22.0 Å². The third-order valence-corrected chi connectivity index (χ3v) is 2.67. The van der Waals surface area contributed by atoms with Gasteiger partial charge in [0.2, 0.25) is 0 Å². The molecule has 5 heteroatoms. The largest absolute Gasteiger partial charge is 0.478 e. The molecule has 0 aromatic heterocycles.